The lowest BCUT2D eigenvalue weighted by Crippen LogP contribution is -2.46. The van der Waals surface area contributed by atoms with Gasteiger partial charge in [-0.2, -0.15) is 0 Å². The summed E-state index contributed by atoms with van der Waals surface area (Å²) < 4.78 is 2.43. The molecular weight excluding hydrogens is 426 g/mol. The lowest BCUT2D eigenvalue weighted by atomic mass is 9.78. The highest BCUT2D eigenvalue weighted by Crippen LogP contribution is 2.32. The molecular formula is C23H35N5O3S. The van der Waals surface area contributed by atoms with E-state index in [1.165, 1.54) is 29.8 Å². The quantitative estimate of drug-likeness (QED) is 0.555. The summed E-state index contributed by atoms with van der Waals surface area (Å²) in [5.74, 6) is 1.48. The third kappa shape index (κ3) is 4.63. The van der Waals surface area contributed by atoms with Crippen molar-refractivity contribution >= 4 is 28.7 Å². The van der Waals surface area contributed by atoms with E-state index in [9.17, 15) is 14.4 Å². The van der Waals surface area contributed by atoms with E-state index in [0.29, 0.717) is 28.3 Å². The van der Waals surface area contributed by atoms with Gasteiger partial charge in [-0.1, -0.05) is 59.2 Å². The minimum atomic E-state index is -0.452. The zero-order valence-electron chi connectivity index (χ0n) is 20.4. The Balaban J connectivity index is 2.01. The molecule has 0 unspecified atom stereocenters. The highest BCUT2D eigenvalue weighted by atomic mass is 32.2. The molecule has 1 fully saturated rings. The van der Waals surface area contributed by atoms with Crippen LogP contribution in [0.15, 0.2) is 14.6 Å². The lowest BCUT2D eigenvalue weighted by molar-refractivity contribution is -0.121. The summed E-state index contributed by atoms with van der Waals surface area (Å²) in [6.45, 7) is 12.2. The van der Waals surface area contributed by atoms with Gasteiger partial charge in [0.15, 0.2) is 5.65 Å². The summed E-state index contributed by atoms with van der Waals surface area (Å²) in [4.78, 5) is 47.8. The Kier molecular flexibility index (Phi) is 6.88. The molecule has 0 aliphatic heterocycles. The maximum Gasteiger partial charge on any atom is 0.332 e. The molecule has 4 atom stereocenters. The van der Waals surface area contributed by atoms with Gasteiger partial charge in [0.25, 0.3) is 5.56 Å². The SMILES string of the molecule is C[C@H]1[C@@H](C)CCC[C@H]1NC(=O)[C@H](C)Sc1nc(C(C)(C)C)nc2c1c(=O)n(C)c(=O)n2C. The molecule has 0 bridgehead atoms. The van der Waals surface area contributed by atoms with E-state index in [0.717, 1.165) is 17.4 Å². The number of thioether (sulfide) groups is 1. The molecule has 8 nitrogen and oxygen atoms in total. The first-order valence-corrected chi connectivity index (χ1v) is 12.2. The Morgan fingerprint density at radius 3 is 2.41 bits per heavy atom. The van der Waals surface area contributed by atoms with Crippen LogP contribution in [0.4, 0.5) is 0 Å². The van der Waals surface area contributed by atoms with E-state index in [1.54, 1.807) is 7.05 Å². The van der Waals surface area contributed by atoms with Gasteiger partial charge in [-0.05, 0) is 25.2 Å². The number of aryl methyl sites for hydroxylation is 1. The molecule has 2 heterocycles. The van der Waals surface area contributed by atoms with E-state index in [-0.39, 0.29) is 22.8 Å². The number of rotatable bonds is 4. The standard InChI is InChI=1S/C23H35N5O3S/c1-12-10-9-11-15(13(12)2)24-18(29)14(3)32-19-16-17(25-21(26-19)23(4,5)6)27(7)22(31)28(8)20(16)30/h12-15H,9-11H2,1-8H3,(H,24,29)/t12-,13-,14-,15+/m0/s1. The van der Waals surface area contributed by atoms with E-state index < -0.39 is 16.5 Å². The zero-order valence-corrected chi connectivity index (χ0v) is 21.2. The number of carbonyl (C=O) groups is 1. The molecule has 0 aromatic carbocycles. The fraction of sp³-hybridized carbons (Fsp3) is 0.696. The molecule has 0 saturated heterocycles. The van der Waals surface area contributed by atoms with Crippen molar-refractivity contribution in [1.29, 1.82) is 0 Å². The van der Waals surface area contributed by atoms with Gasteiger partial charge in [0, 0.05) is 25.6 Å². The third-order valence-electron chi connectivity index (χ3n) is 6.63. The highest BCUT2D eigenvalue weighted by Gasteiger charge is 2.30. The summed E-state index contributed by atoms with van der Waals surface area (Å²) in [6, 6.07) is 0.162. The van der Waals surface area contributed by atoms with Crippen LogP contribution in [-0.2, 0) is 24.3 Å². The summed E-state index contributed by atoms with van der Waals surface area (Å²) >= 11 is 1.25. The van der Waals surface area contributed by atoms with Crippen LogP contribution in [0.1, 0.15) is 66.6 Å². The number of amides is 1. The fourth-order valence-corrected chi connectivity index (χ4v) is 5.10. The number of nitrogens with one attached hydrogen (secondary N) is 1. The number of carbonyl (C=O) groups excluding carboxylic acids is 1. The van der Waals surface area contributed by atoms with Crippen molar-refractivity contribution in [2.24, 2.45) is 25.9 Å². The molecule has 1 saturated carbocycles. The van der Waals surface area contributed by atoms with Crippen LogP contribution in [0, 0.1) is 11.8 Å². The maximum atomic E-state index is 13.0. The summed E-state index contributed by atoms with van der Waals surface area (Å²) in [6.07, 6.45) is 3.30. The molecule has 0 radical (unpaired) electrons. The maximum absolute atomic E-state index is 13.0. The minimum Gasteiger partial charge on any atom is -0.352 e. The lowest BCUT2D eigenvalue weighted by Gasteiger charge is -2.35. The van der Waals surface area contributed by atoms with Crippen molar-refractivity contribution in [3.8, 4) is 0 Å². The molecule has 1 amide bonds. The van der Waals surface area contributed by atoms with Gasteiger partial charge in [0.1, 0.15) is 16.2 Å². The van der Waals surface area contributed by atoms with Gasteiger partial charge in [-0.3, -0.25) is 18.7 Å². The summed E-state index contributed by atoms with van der Waals surface area (Å²) in [5.41, 5.74) is -0.987. The predicted molar refractivity (Wildman–Crippen MR) is 128 cm³/mol. The molecule has 9 heteroatoms. The van der Waals surface area contributed by atoms with Gasteiger partial charge in [-0.25, -0.2) is 14.8 Å². The van der Waals surface area contributed by atoms with Crippen LogP contribution >= 0.6 is 11.8 Å². The van der Waals surface area contributed by atoms with Gasteiger partial charge in [0.05, 0.1) is 5.25 Å². The second-order valence-corrected chi connectivity index (χ2v) is 11.5. The number of aromatic nitrogens is 4. The van der Waals surface area contributed by atoms with Crippen LogP contribution in [0.2, 0.25) is 0 Å². The predicted octanol–water partition coefficient (Wildman–Crippen LogP) is 2.75. The first kappa shape index (κ1) is 24.5. The topological polar surface area (TPSA) is 98.9 Å². The number of hydrogen-bond acceptors (Lipinski definition) is 6. The molecule has 2 aromatic rings. The average Bonchev–Trinajstić information content (AvgIpc) is 2.72. The van der Waals surface area contributed by atoms with Crippen LogP contribution in [0.5, 0.6) is 0 Å². The Morgan fingerprint density at radius 1 is 1.12 bits per heavy atom. The van der Waals surface area contributed by atoms with Crippen molar-refractivity contribution in [3.63, 3.8) is 0 Å². The third-order valence-corrected chi connectivity index (χ3v) is 7.72. The molecule has 1 aliphatic carbocycles. The van der Waals surface area contributed by atoms with Crippen molar-refractivity contribution in [2.75, 3.05) is 0 Å². The average molecular weight is 462 g/mol. The Labute approximate surface area is 193 Å². The monoisotopic (exact) mass is 461 g/mol. The fourth-order valence-electron chi connectivity index (χ4n) is 4.16. The van der Waals surface area contributed by atoms with Crippen LogP contribution in [-0.4, -0.2) is 36.3 Å². The Hall–Kier alpha value is -2.16. The van der Waals surface area contributed by atoms with Crippen molar-refractivity contribution < 1.29 is 4.79 Å². The zero-order chi connectivity index (χ0) is 24.0. The summed E-state index contributed by atoms with van der Waals surface area (Å²) in [5, 5.41) is 3.47. The van der Waals surface area contributed by atoms with E-state index in [1.807, 2.05) is 27.7 Å². The van der Waals surface area contributed by atoms with Gasteiger partial charge >= 0.3 is 5.69 Å². The largest absolute Gasteiger partial charge is 0.352 e. The minimum absolute atomic E-state index is 0.0633. The number of fused-ring (bicyclic) bond motifs is 1. The molecule has 32 heavy (non-hydrogen) atoms. The van der Waals surface area contributed by atoms with E-state index in [2.05, 4.69) is 29.1 Å². The second-order valence-electron chi connectivity index (χ2n) is 10.1. The summed E-state index contributed by atoms with van der Waals surface area (Å²) in [7, 11) is 3.04. The highest BCUT2D eigenvalue weighted by molar-refractivity contribution is 8.00. The molecule has 0 spiro atoms. The molecule has 3 rings (SSSR count). The first-order valence-electron chi connectivity index (χ1n) is 11.3. The molecule has 1 N–H and O–H groups in total. The second kappa shape index (κ2) is 9.00. The van der Waals surface area contributed by atoms with Gasteiger partial charge < -0.3 is 5.32 Å². The van der Waals surface area contributed by atoms with Crippen molar-refractivity contribution in [1.82, 2.24) is 24.4 Å². The molecule has 1 aliphatic rings. The molecule has 2 aromatic heterocycles. The van der Waals surface area contributed by atoms with E-state index in [4.69, 9.17) is 0 Å². The number of hydrogen-bond donors (Lipinski definition) is 1. The van der Waals surface area contributed by atoms with Crippen LogP contribution in [0.3, 0.4) is 0 Å². The molecule has 176 valence electrons. The number of nitrogens with zero attached hydrogens (tertiary/aromatic N) is 4. The first-order chi connectivity index (χ1) is 14.8. The van der Waals surface area contributed by atoms with Crippen molar-refractivity contribution in [2.45, 2.75) is 82.5 Å². The van der Waals surface area contributed by atoms with Gasteiger partial charge in [-0.15, -0.1) is 0 Å². The smallest absolute Gasteiger partial charge is 0.332 e. The van der Waals surface area contributed by atoms with Crippen LogP contribution < -0.4 is 16.6 Å². The normalized spacial score (nSPS) is 22.7. The Bertz CT molecular complexity index is 1150. The Morgan fingerprint density at radius 2 is 1.78 bits per heavy atom. The van der Waals surface area contributed by atoms with Gasteiger partial charge in [0.2, 0.25) is 5.91 Å². The van der Waals surface area contributed by atoms with E-state index >= 15 is 0 Å². The van der Waals surface area contributed by atoms with Crippen molar-refractivity contribution in [3.05, 3.63) is 26.7 Å². The van der Waals surface area contributed by atoms with Crippen LogP contribution in [0.25, 0.3) is 11.0 Å².